The van der Waals surface area contributed by atoms with Crippen LogP contribution in [0.25, 0.3) is 11.0 Å². The van der Waals surface area contributed by atoms with E-state index in [0.717, 1.165) is 48.4 Å². The number of nitrogens with zero attached hydrogens (tertiary/aromatic N) is 4. The number of rotatable bonds is 16. The number of likely N-dealkylation sites (tertiary alicyclic amines) is 2. The summed E-state index contributed by atoms with van der Waals surface area (Å²) in [4.78, 5) is 49.9. The van der Waals surface area contributed by atoms with Gasteiger partial charge in [-0.15, -0.1) is 0 Å². The van der Waals surface area contributed by atoms with Crippen molar-refractivity contribution in [3.8, 4) is 17.2 Å². The Morgan fingerprint density at radius 1 is 0.932 bits per heavy atom. The van der Waals surface area contributed by atoms with Gasteiger partial charge in [0.2, 0.25) is 5.78 Å². The molecule has 5 aromatic rings. The number of carbonyl (C=O) groups is 3. The van der Waals surface area contributed by atoms with Crippen LogP contribution in [-0.2, 0) is 34.5 Å². The Bertz CT molecular complexity index is 2300. The molecule has 2 aromatic heterocycles. The van der Waals surface area contributed by atoms with Crippen LogP contribution in [0.2, 0.25) is 10.0 Å². The molecule has 1 unspecified atom stereocenters. The summed E-state index contributed by atoms with van der Waals surface area (Å²) in [6.07, 6.45) is 4.91. The van der Waals surface area contributed by atoms with Gasteiger partial charge in [0.25, 0.3) is 5.91 Å². The maximum Gasteiger partial charge on any atom is 0.308 e. The van der Waals surface area contributed by atoms with Gasteiger partial charge in [0, 0.05) is 49.5 Å². The van der Waals surface area contributed by atoms with Gasteiger partial charge in [-0.05, 0) is 93.7 Å². The van der Waals surface area contributed by atoms with Crippen molar-refractivity contribution < 1.29 is 37.7 Å². The van der Waals surface area contributed by atoms with E-state index >= 15 is 0 Å². The van der Waals surface area contributed by atoms with Crippen molar-refractivity contribution in [3.63, 3.8) is 0 Å². The van der Waals surface area contributed by atoms with Crippen LogP contribution in [0.3, 0.4) is 0 Å². The lowest BCUT2D eigenvalue weighted by Gasteiger charge is -2.36. The topological polar surface area (TPSA) is 126 Å². The zero-order chi connectivity index (χ0) is 41.7. The lowest BCUT2D eigenvalue weighted by atomic mass is 9.76. The van der Waals surface area contributed by atoms with Crippen molar-refractivity contribution >= 4 is 51.9 Å². The van der Waals surface area contributed by atoms with Crippen LogP contribution >= 0.6 is 23.2 Å². The molecule has 7 rings (SSSR count). The van der Waals surface area contributed by atoms with Crippen LogP contribution in [0, 0.1) is 5.92 Å². The van der Waals surface area contributed by atoms with Crippen molar-refractivity contribution in [1.29, 1.82) is 0 Å². The Kier molecular flexibility index (Phi) is 13.3. The summed E-state index contributed by atoms with van der Waals surface area (Å²) in [7, 11) is 3.03. The molecule has 312 valence electrons. The summed E-state index contributed by atoms with van der Waals surface area (Å²) in [6, 6.07) is 18.8. The van der Waals surface area contributed by atoms with Crippen LogP contribution in [0.5, 0.6) is 17.2 Å². The van der Waals surface area contributed by atoms with Gasteiger partial charge in [-0.3, -0.25) is 14.4 Å². The molecular weight excluding hydrogens is 795 g/mol. The highest BCUT2D eigenvalue weighted by Gasteiger charge is 2.43. The summed E-state index contributed by atoms with van der Waals surface area (Å²) >= 11 is 13.0. The fourth-order valence-electron chi connectivity index (χ4n) is 8.61. The summed E-state index contributed by atoms with van der Waals surface area (Å²) in [5, 5.41) is 0.911. The second kappa shape index (κ2) is 18.6. The summed E-state index contributed by atoms with van der Waals surface area (Å²) in [5.41, 5.74) is 3.07. The standard InChI is InChI=1S/C45H50Cl2N4O8/c1-5-33-41(59-29(2)52)34(26-39(55-3)42(33)56-4)44(54)50-21-17-45(28-50,31-12-13-35(46)36(47)25-31)16-20-49-18-14-30(15-19-49)40(53)43-48-37-10-6-7-11-38(37)51(43)22-24-57-27-32-9-8-23-58-32/h6-13,23,25-26,30H,5,14-22,24,27-28H2,1-4H3. The number of amides is 1. The molecule has 12 nitrogen and oxygen atoms in total. The van der Waals surface area contributed by atoms with E-state index in [1.807, 2.05) is 71.0 Å². The minimum atomic E-state index is -0.539. The van der Waals surface area contributed by atoms with E-state index in [9.17, 15) is 14.4 Å². The molecule has 2 saturated heterocycles. The van der Waals surface area contributed by atoms with Gasteiger partial charge >= 0.3 is 5.97 Å². The first-order chi connectivity index (χ1) is 28.5. The molecule has 59 heavy (non-hydrogen) atoms. The van der Waals surface area contributed by atoms with Gasteiger partial charge in [0.05, 0.1) is 53.7 Å². The molecule has 0 aliphatic carbocycles. The monoisotopic (exact) mass is 844 g/mol. The first kappa shape index (κ1) is 42.3. The number of furan rings is 1. The van der Waals surface area contributed by atoms with Gasteiger partial charge in [-0.25, -0.2) is 4.98 Å². The van der Waals surface area contributed by atoms with Crippen LogP contribution in [-0.4, -0.2) is 90.6 Å². The Labute approximate surface area is 354 Å². The van der Waals surface area contributed by atoms with Crippen molar-refractivity contribution in [1.82, 2.24) is 19.4 Å². The molecule has 0 saturated carbocycles. The molecule has 2 aliphatic rings. The third kappa shape index (κ3) is 9.01. The predicted octanol–water partition coefficient (Wildman–Crippen LogP) is 8.43. The first-order valence-electron chi connectivity index (χ1n) is 20.1. The van der Waals surface area contributed by atoms with E-state index in [1.54, 1.807) is 12.3 Å². The number of ketones is 1. The van der Waals surface area contributed by atoms with Crippen LogP contribution < -0.4 is 14.2 Å². The van der Waals surface area contributed by atoms with Crippen LogP contribution in [0.1, 0.15) is 77.4 Å². The third-order valence-corrected chi connectivity index (χ3v) is 12.5. The molecule has 3 aromatic carbocycles. The van der Waals surface area contributed by atoms with E-state index in [2.05, 4.69) is 4.90 Å². The molecular formula is C45H50Cl2N4O8. The van der Waals surface area contributed by atoms with Gasteiger partial charge in [-0.1, -0.05) is 48.3 Å². The second-order valence-corrected chi connectivity index (χ2v) is 16.1. The summed E-state index contributed by atoms with van der Waals surface area (Å²) < 4.78 is 30.2. The highest BCUT2D eigenvalue weighted by Crippen LogP contribution is 2.45. The molecule has 0 bridgehead atoms. The number of piperidine rings is 1. The lowest BCUT2D eigenvalue weighted by molar-refractivity contribution is -0.131. The summed E-state index contributed by atoms with van der Waals surface area (Å²) in [5.74, 6) is 1.29. The van der Waals surface area contributed by atoms with E-state index in [0.29, 0.717) is 91.5 Å². The molecule has 0 N–H and O–H groups in total. The average Bonchev–Trinajstić information content (AvgIpc) is 4.02. The fourth-order valence-corrected chi connectivity index (χ4v) is 8.90. The maximum absolute atomic E-state index is 14.5. The average molecular weight is 846 g/mol. The Morgan fingerprint density at radius 2 is 1.73 bits per heavy atom. The number of benzene rings is 3. The number of halogens is 2. The molecule has 0 spiro atoms. The maximum atomic E-state index is 14.5. The van der Waals surface area contributed by atoms with Gasteiger partial charge < -0.3 is 37.7 Å². The molecule has 0 radical (unpaired) electrons. The number of para-hydroxylation sites is 2. The first-order valence-corrected chi connectivity index (χ1v) is 20.8. The molecule has 2 aliphatic heterocycles. The zero-order valence-electron chi connectivity index (χ0n) is 33.9. The van der Waals surface area contributed by atoms with Gasteiger partial charge in [-0.2, -0.15) is 0 Å². The second-order valence-electron chi connectivity index (χ2n) is 15.2. The highest BCUT2D eigenvalue weighted by molar-refractivity contribution is 6.42. The van der Waals surface area contributed by atoms with Crippen LogP contribution in [0.4, 0.5) is 0 Å². The fraction of sp³-hybridized carbons (Fsp3) is 0.422. The third-order valence-electron chi connectivity index (χ3n) is 11.7. The number of Topliss-reactive ketones (excluding diaryl/α,β-unsaturated/α-hetero) is 1. The SMILES string of the molecule is CCc1c(OC)c(OC)cc(C(=O)N2CCC(CCN3CCC(C(=O)c4nc5ccccc5n4CCOCc4ccco4)CC3)(c3ccc(Cl)c(Cl)c3)C2)c1OC(C)=O. The Morgan fingerprint density at radius 3 is 2.42 bits per heavy atom. The molecule has 14 heteroatoms. The predicted molar refractivity (Wildman–Crippen MR) is 225 cm³/mol. The number of imidazole rings is 1. The van der Waals surface area contributed by atoms with E-state index in [-0.39, 0.29) is 28.9 Å². The van der Waals surface area contributed by atoms with Gasteiger partial charge in [0.15, 0.2) is 23.1 Å². The molecule has 1 atom stereocenters. The molecule has 4 heterocycles. The van der Waals surface area contributed by atoms with Crippen molar-refractivity contribution in [2.24, 2.45) is 5.92 Å². The zero-order valence-corrected chi connectivity index (χ0v) is 35.4. The molecule has 1 amide bonds. The minimum absolute atomic E-state index is 0.0543. The number of hydrogen-bond donors (Lipinski definition) is 0. The minimum Gasteiger partial charge on any atom is -0.493 e. The van der Waals surface area contributed by atoms with E-state index in [4.69, 9.17) is 51.6 Å². The number of methoxy groups -OCH3 is 2. The lowest BCUT2D eigenvalue weighted by Crippen LogP contribution is -2.41. The number of aromatic nitrogens is 2. The van der Waals surface area contributed by atoms with E-state index < -0.39 is 11.4 Å². The van der Waals surface area contributed by atoms with Crippen molar-refractivity contribution in [3.05, 3.63) is 105 Å². The van der Waals surface area contributed by atoms with Crippen molar-refractivity contribution in [2.45, 2.75) is 64.5 Å². The number of carbonyl (C=O) groups excluding carboxylic acids is 3. The highest BCUT2D eigenvalue weighted by atomic mass is 35.5. The number of fused-ring (bicyclic) bond motifs is 1. The normalized spacial score (nSPS) is 17.4. The number of esters is 1. The summed E-state index contributed by atoms with van der Waals surface area (Å²) in [6.45, 7) is 7.61. The quantitative estimate of drug-likeness (QED) is 0.0414. The van der Waals surface area contributed by atoms with Gasteiger partial charge in [0.1, 0.15) is 12.4 Å². The van der Waals surface area contributed by atoms with Crippen molar-refractivity contribution in [2.75, 3.05) is 53.6 Å². The van der Waals surface area contributed by atoms with E-state index in [1.165, 1.54) is 21.1 Å². The number of hydrogen-bond acceptors (Lipinski definition) is 10. The Balaban J connectivity index is 1.06. The van der Waals surface area contributed by atoms with Crippen LogP contribution in [0.15, 0.2) is 71.3 Å². The number of ether oxygens (including phenoxy) is 4. The smallest absolute Gasteiger partial charge is 0.308 e. The Hall–Kier alpha value is -4.88. The largest absolute Gasteiger partial charge is 0.493 e. The molecule has 2 fully saturated rings.